The Kier molecular flexibility index (Phi) is 2.26. The van der Waals surface area contributed by atoms with Crippen LogP contribution in [0.2, 0.25) is 0 Å². The number of nitrogens with zero attached hydrogens (tertiary/aromatic N) is 1. The summed E-state index contributed by atoms with van der Waals surface area (Å²) in [6.45, 7) is 3.62. The Balaban J connectivity index is 1.71. The number of aromatic nitrogens is 1. The van der Waals surface area contributed by atoms with Crippen LogP contribution in [-0.4, -0.2) is 24.7 Å². The number of benzene rings is 1. The van der Waals surface area contributed by atoms with Crippen molar-refractivity contribution in [2.24, 2.45) is 11.8 Å². The maximum absolute atomic E-state index is 5.43. The molecule has 1 aromatic heterocycles. The highest BCUT2D eigenvalue weighted by atomic mass is 16.5. The summed E-state index contributed by atoms with van der Waals surface area (Å²) in [6.07, 6.45) is 4.15. The fraction of sp³-hybridized carbons (Fsp3) is 0.556. The van der Waals surface area contributed by atoms with Gasteiger partial charge >= 0.3 is 0 Å². The quantitative estimate of drug-likeness (QED) is 0.905. The smallest absolute Gasteiger partial charge is 0.119 e. The predicted molar refractivity (Wildman–Crippen MR) is 85.2 cm³/mol. The van der Waals surface area contributed by atoms with Gasteiger partial charge in [0.25, 0.3) is 0 Å². The molecule has 110 valence electrons. The van der Waals surface area contributed by atoms with Gasteiger partial charge in [-0.15, -0.1) is 0 Å². The Morgan fingerprint density at radius 2 is 2.24 bits per heavy atom. The number of hydrogen-bond donors (Lipinski definition) is 1. The number of aromatic amines is 1. The van der Waals surface area contributed by atoms with Crippen molar-refractivity contribution in [3.8, 4) is 5.75 Å². The molecule has 1 saturated carbocycles. The van der Waals surface area contributed by atoms with Crippen molar-refractivity contribution in [1.82, 2.24) is 4.98 Å². The lowest BCUT2D eigenvalue weighted by Gasteiger charge is -2.50. The van der Waals surface area contributed by atoms with Gasteiger partial charge in [-0.1, -0.05) is 13.3 Å². The number of hydrogen-bond acceptors (Lipinski definition) is 2. The SMILES string of the molecule is CC[C@@H]1CC2CC3c4[nH]c5ccc(OC)cc5c4N(C2)C31. The van der Waals surface area contributed by atoms with Crippen LogP contribution in [0.15, 0.2) is 18.2 Å². The van der Waals surface area contributed by atoms with E-state index in [1.165, 1.54) is 48.1 Å². The Bertz CT molecular complexity index is 719. The Labute approximate surface area is 125 Å². The maximum atomic E-state index is 5.43. The van der Waals surface area contributed by atoms with E-state index in [-0.39, 0.29) is 0 Å². The third-order valence-electron chi connectivity index (χ3n) is 6.12. The summed E-state index contributed by atoms with van der Waals surface area (Å²) in [4.78, 5) is 6.46. The molecule has 0 amide bonds. The summed E-state index contributed by atoms with van der Waals surface area (Å²) in [5.41, 5.74) is 4.25. The molecule has 1 aliphatic carbocycles. The normalized spacial score (nSPS) is 32.8. The molecule has 2 aromatic rings. The molecule has 3 fully saturated rings. The molecule has 1 aromatic carbocycles. The molecule has 0 spiro atoms. The highest BCUT2D eigenvalue weighted by Crippen LogP contribution is 2.58. The average Bonchev–Trinajstić information content (AvgIpc) is 3.01. The zero-order valence-corrected chi connectivity index (χ0v) is 12.7. The number of rotatable bonds is 2. The first-order valence-corrected chi connectivity index (χ1v) is 8.26. The molecule has 3 nitrogen and oxygen atoms in total. The Morgan fingerprint density at radius 1 is 1.33 bits per heavy atom. The average molecular weight is 282 g/mol. The second kappa shape index (κ2) is 3.96. The molecule has 3 unspecified atom stereocenters. The standard InChI is InChI=1S/C18H22N2O/c1-3-11-6-10-7-14-16-18(20(9-10)17(11)14)13-8-12(21-2)4-5-15(13)19-16/h4-5,8,10-11,14,17,19H,3,6-7,9H2,1-2H3/t10?,11-,14?,17?/m1/s1. The third kappa shape index (κ3) is 1.39. The third-order valence-corrected chi connectivity index (χ3v) is 6.12. The van der Waals surface area contributed by atoms with Gasteiger partial charge in [-0.05, 0) is 42.9 Å². The molecular weight excluding hydrogens is 260 g/mol. The first-order chi connectivity index (χ1) is 10.3. The lowest BCUT2D eigenvalue weighted by molar-refractivity contribution is 0.154. The van der Waals surface area contributed by atoms with Crippen molar-refractivity contribution in [1.29, 1.82) is 0 Å². The maximum Gasteiger partial charge on any atom is 0.119 e. The number of piperidine rings is 2. The summed E-state index contributed by atoms with van der Waals surface area (Å²) in [5, 5.41) is 1.36. The van der Waals surface area contributed by atoms with Gasteiger partial charge in [0.05, 0.1) is 12.8 Å². The summed E-state index contributed by atoms with van der Waals surface area (Å²) in [5.74, 6) is 3.47. The van der Waals surface area contributed by atoms with E-state index >= 15 is 0 Å². The highest BCUT2D eigenvalue weighted by molar-refractivity contribution is 5.98. The lowest BCUT2D eigenvalue weighted by atomic mass is 9.67. The van der Waals surface area contributed by atoms with E-state index in [0.717, 1.165) is 29.5 Å². The molecule has 4 bridgehead atoms. The van der Waals surface area contributed by atoms with Gasteiger partial charge < -0.3 is 14.6 Å². The summed E-state index contributed by atoms with van der Waals surface area (Å²) >= 11 is 0. The van der Waals surface area contributed by atoms with Gasteiger partial charge in [-0.3, -0.25) is 0 Å². The molecule has 21 heavy (non-hydrogen) atoms. The zero-order valence-electron chi connectivity index (χ0n) is 12.7. The fourth-order valence-corrected chi connectivity index (χ4v) is 5.33. The minimum Gasteiger partial charge on any atom is -0.497 e. The second-order valence-corrected chi connectivity index (χ2v) is 7.05. The molecule has 4 atom stereocenters. The van der Waals surface area contributed by atoms with Crippen LogP contribution in [0.4, 0.5) is 5.69 Å². The predicted octanol–water partition coefficient (Wildman–Crippen LogP) is 3.90. The molecule has 2 saturated heterocycles. The van der Waals surface area contributed by atoms with Crippen molar-refractivity contribution in [2.75, 3.05) is 18.6 Å². The largest absolute Gasteiger partial charge is 0.497 e. The van der Waals surface area contributed by atoms with E-state index in [9.17, 15) is 0 Å². The molecule has 3 aliphatic heterocycles. The number of nitrogens with one attached hydrogen (secondary N) is 1. The molecule has 4 heterocycles. The van der Waals surface area contributed by atoms with Crippen LogP contribution in [0, 0.1) is 11.8 Å². The first kappa shape index (κ1) is 12.0. The molecule has 3 heteroatoms. The minimum atomic E-state index is 0.732. The van der Waals surface area contributed by atoms with E-state index in [0.29, 0.717) is 0 Å². The van der Waals surface area contributed by atoms with Gasteiger partial charge in [0.1, 0.15) is 5.75 Å². The van der Waals surface area contributed by atoms with Crippen LogP contribution in [0.3, 0.4) is 0 Å². The fourth-order valence-electron chi connectivity index (χ4n) is 5.33. The number of H-pyrrole nitrogens is 1. The van der Waals surface area contributed by atoms with Gasteiger partial charge in [-0.25, -0.2) is 0 Å². The van der Waals surface area contributed by atoms with E-state index in [1.807, 2.05) is 0 Å². The topological polar surface area (TPSA) is 28.3 Å². The number of methoxy groups -OCH3 is 1. The molecule has 0 radical (unpaired) electrons. The zero-order chi connectivity index (χ0) is 14.1. The van der Waals surface area contributed by atoms with Gasteiger partial charge in [0, 0.05) is 35.1 Å². The van der Waals surface area contributed by atoms with Crippen LogP contribution in [0.5, 0.6) is 5.75 Å². The van der Waals surface area contributed by atoms with Crippen molar-refractivity contribution < 1.29 is 4.74 Å². The van der Waals surface area contributed by atoms with Crippen molar-refractivity contribution in [3.05, 3.63) is 23.9 Å². The van der Waals surface area contributed by atoms with Crippen molar-refractivity contribution in [3.63, 3.8) is 0 Å². The number of fused-ring (bicyclic) bond motifs is 4. The molecule has 6 rings (SSSR count). The number of anilines is 1. The van der Waals surface area contributed by atoms with Crippen molar-refractivity contribution in [2.45, 2.75) is 38.1 Å². The van der Waals surface area contributed by atoms with Gasteiger partial charge in [-0.2, -0.15) is 0 Å². The monoisotopic (exact) mass is 282 g/mol. The second-order valence-electron chi connectivity index (χ2n) is 7.05. The van der Waals surface area contributed by atoms with Crippen LogP contribution < -0.4 is 9.64 Å². The van der Waals surface area contributed by atoms with Crippen LogP contribution in [0.25, 0.3) is 10.9 Å². The van der Waals surface area contributed by atoms with E-state index in [1.54, 1.807) is 7.11 Å². The van der Waals surface area contributed by atoms with Gasteiger partial charge in [0.15, 0.2) is 0 Å². The van der Waals surface area contributed by atoms with Crippen LogP contribution in [-0.2, 0) is 0 Å². The molecular formula is C18H22N2O. The summed E-state index contributed by atoms with van der Waals surface area (Å²) in [7, 11) is 1.75. The van der Waals surface area contributed by atoms with E-state index < -0.39 is 0 Å². The molecule has 4 aliphatic rings. The minimum absolute atomic E-state index is 0.732. The van der Waals surface area contributed by atoms with Crippen LogP contribution >= 0.6 is 0 Å². The van der Waals surface area contributed by atoms with E-state index in [2.05, 4.69) is 35.0 Å². The molecule has 1 N–H and O–H groups in total. The number of ether oxygens (including phenoxy) is 1. The summed E-state index contributed by atoms with van der Waals surface area (Å²) in [6, 6.07) is 7.18. The Morgan fingerprint density at radius 3 is 3.05 bits per heavy atom. The highest BCUT2D eigenvalue weighted by Gasteiger charge is 2.53. The Hall–Kier alpha value is -1.64. The van der Waals surface area contributed by atoms with Crippen molar-refractivity contribution >= 4 is 16.6 Å². The van der Waals surface area contributed by atoms with E-state index in [4.69, 9.17) is 4.74 Å². The van der Waals surface area contributed by atoms with Gasteiger partial charge in [0.2, 0.25) is 0 Å². The first-order valence-electron chi connectivity index (χ1n) is 8.26. The lowest BCUT2D eigenvalue weighted by Crippen LogP contribution is -2.53. The summed E-state index contributed by atoms with van der Waals surface area (Å²) < 4.78 is 5.43. The van der Waals surface area contributed by atoms with Crippen LogP contribution in [0.1, 0.15) is 37.8 Å².